The molecule has 0 unspecified atom stereocenters. The third-order valence-electron chi connectivity index (χ3n) is 16.7. The Morgan fingerprint density at radius 1 is 0.431 bits per heavy atom. The molecular weight excluding hydrogens is 925 g/mol. The van der Waals surface area contributed by atoms with E-state index >= 15 is 0 Å². The second-order valence-electron chi connectivity index (χ2n) is 23.4. The Kier molecular flexibility index (Phi) is 26.0. The van der Waals surface area contributed by atoms with Gasteiger partial charge in [0.1, 0.15) is 56.4 Å². The predicted molar refractivity (Wildman–Crippen MR) is 273 cm³/mol. The Balaban J connectivity index is 0.000000287. The Bertz CT molecular complexity index is 1660. The van der Waals surface area contributed by atoms with Crippen LogP contribution in [0.4, 0.5) is 0 Å². The van der Waals surface area contributed by atoms with Crippen molar-refractivity contribution in [3.05, 3.63) is 0 Å². The quantitative estimate of drug-likeness (QED) is 0.0452. The summed E-state index contributed by atoms with van der Waals surface area (Å²) in [6.45, 7) is 24.1. The first-order valence-electron chi connectivity index (χ1n) is 27.8. The van der Waals surface area contributed by atoms with Crippen LogP contribution >= 0.6 is 0 Å². The summed E-state index contributed by atoms with van der Waals surface area (Å²) in [5, 5.41) is 0. The van der Waals surface area contributed by atoms with Crippen LogP contribution < -0.4 is 0 Å². The van der Waals surface area contributed by atoms with Crippen LogP contribution in [-0.4, -0.2) is 112 Å². The second kappa shape index (κ2) is 29.7. The monoisotopic (exact) mass is 1020 g/mol. The lowest BCUT2D eigenvalue weighted by Gasteiger charge is -2.60. The predicted octanol–water partition coefficient (Wildman–Crippen LogP) is 11.0. The lowest BCUT2D eigenvalue weighted by Crippen LogP contribution is -2.59. The maximum Gasteiger partial charge on any atom is 0.332 e. The molecule has 0 amide bonds. The Morgan fingerprint density at radius 3 is 1.12 bits per heavy atom. The van der Waals surface area contributed by atoms with Gasteiger partial charge in [0.15, 0.2) is 0 Å². The molecule has 6 aliphatic rings. The standard InChI is InChI=1S/C22H36O5.C18H32O5.C17H30O5/c1-5-21(3,4)20(24)26-8-7-25-14-19(23)27-22(6-2)17-10-15-9-16(12-17)13-18(22)11-15;1-5-17(3,4)16(20)22-13-12-21-14-15(19)23-18(6-2)10-8-7-9-11-18;1-5-16(2,3)15(19)21-12-11-20-13-14(18)22-17(4)9-7-6-8-10-17/h15-18H,5-14H2,1-4H3;5-14H2,1-4H3;5-13H2,1-4H3. The van der Waals surface area contributed by atoms with Crippen molar-refractivity contribution in [1.82, 2.24) is 0 Å². The van der Waals surface area contributed by atoms with E-state index in [0.717, 1.165) is 95.3 Å². The SMILES string of the molecule is CCC(C)(C)C(=O)OCCOCC(=O)OC1(C)CCCCC1.CCC(C)(C)C(=O)OCCOCC(=O)OC1(CC)C2CC3CC(C2)CC1C3.CCC1(OC(=O)COCCOC(=O)C(C)(C)CC)CCCCC1. The van der Waals surface area contributed by atoms with Crippen molar-refractivity contribution in [2.45, 2.75) is 228 Å². The highest BCUT2D eigenvalue weighted by atomic mass is 16.6. The van der Waals surface area contributed by atoms with Crippen molar-refractivity contribution in [3.63, 3.8) is 0 Å². The van der Waals surface area contributed by atoms with E-state index in [-0.39, 0.29) is 112 Å². The lowest BCUT2D eigenvalue weighted by molar-refractivity contribution is -0.214. The van der Waals surface area contributed by atoms with Gasteiger partial charge in [-0.2, -0.15) is 0 Å². The minimum atomic E-state index is -0.480. The van der Waals surface area contributed by atoms with Crippen LogP contribution in [0.1, 0.15) is 212 Å². The summed E-state index contributed by atoms with van der Waals surface area (Å²) in [5.41, 5.74) is -2.34. The van der Waals surface area contributed by atoms with Crippen molar-refractivity contribution in [1.29, 1.82) is 0 Å². The summed E-state index contributed by atoms with van der Waals surface area (Å²) in [6.07, 6.45) is 20.8. The van der Waals surface area contributed by atoms with Gasteiger partial charge in [0.2, 0.25) is 0 Å². The largest absolute Gasteiger partial charge is 0.463 e. The minimum Gasteiger partial charge on any atom is -0.463 e. The molecule has 0 aromatic carbocycles. The number of hydrogen-bond acceptors (Lipinski definition) is 15. The fraction of sp³-hybridized carbons (Fsp3) is 0.895. The van der Waals surface area contributed by atoms with E-state index in [0.29, 0.717) is 11.8 Å². The summed E-state index contributed by atoms with van der Waals surface area (Å²) in [5.74, 6) is 1.11. The van der Waals surface area contributed by atoms with Gasteiger partial charge in [-0.1, -0.05) is 47.5 Å². The highest BCUT2D eigenvalue weighted by Gasteiger charge is 2.58. The van der Waals surface area contributed by atoms with Crippen LogP contribution in [0.25, 0.3) is 0 Å². The fourth-order valence-corrected chi connectivity index (χ4v) is 10.8. The molecule has 72 heavy (non-hydrogen) atoms. The van der Waals surface area contributed by atoms with Gasteiger partial charge in [-0.3, -0.25) is 14.4 Å². The third kappa shape index (κ3) is 19.8. The summed E-state index contributed by atoms with van der Waals surface area (Å²) in [4.78, 5) is 71.5. The Morgan fingerprint density at radius 2 is 0.778 bits per heavy atom. The first-order chi connectivity index (χ1) is 33.9. The molecule has 0 N–H and O–H groups in total. The van der Waals surface area contributed by atoms with Crippen LogP contribution in [0.5, 0.6) is 0 Å². The van der Waals surface area contributed by atoms with E-state index < -0.39 is 16.2 Å². The molecule has 0 aromatic heterocycles. The van der Waals surface area contributed by atoms with Crippen molar-refractivity contribution in [3.8, 4) is 0 Å². The number of hydrogen-bond donors (Lipinski definition) is 0. The lowest BCUT2D eigenvalue weighted by atomic mass is 9.49. The molecule has 6 aliphatic carbocycles. The van der Waals surface area contributed by atoms with Crippen LogP contribution in [-0.2, 0) is 71.4 Å². The van der Waals surface area contributed by atoms with Gasteiger partial charge in [0, 0.05) is 0 Å². The normalized spacial score (nSPS) is 24.0. The third-order valence-corrected chi connectivity index (χ3v) is 16.7. The van der Waals surface area contributed by atoms with Gasteiger partial charge in [0.05, 0.1) is 36.1 Å². The molecular formula is C57H98O15. The topological polar surface area (TPSA) is 185 Å². The zero-order chi connectivity index (χ0) is 53.6. The highest BCUT2D eigenvalue weighted by Crippen LogP contribution is 2.60. The van der Waals surface area contributed by atoms with E-state index in [9.17, 15) is 28.8 Å². The molecule has 6 fully saturated rings. The number of ether oxygens (including phenoxy) is 9. The van der Waals surface area contributed by atoms with Crippen LogP contribution in [0.3, 0.4) is 0 Å². The molecule has 4 bridgehead atoms. The van der Waals surface area contributed by atoms with E-state index in [2.05, 4.69) is 13.8 Å². The Labute approximate surface area is 433 Å². The van der Waals surface area contributed by atoms with Gasteiger partial charge >= 0.3 is 35.8 Å². The molecule has 0 radical (unpaired) electrons. The van der Waals surface area contributed by atoms with Crippen molar-refractivity contribution in [2.75, 3.05) is 59.5 Å². The smallest absolute Gasteiger partial charge is 0.332 e. The van der Waals surface area contributed by atoms with Crippen LogP contribution in [0.2, 0.25) is 0 Å². The Hall–Kier alpha value is -3.30. The first kappa shape index (κ1) is 63.0. The van der Waals surface area contributed by atoms with E-state index in [1.54, 1.807) is 0 Å². The first-order valence-corrected chi connectivity index (χ1v) is 27.8. The molecule has 0 aliphatic heterocycles. The molecule has 0 heterocycles. The highest BCUT2D eigenvalue weighted by molar-refractivity contribution is 5.77. The van der Waals surface area contributed by atoms with Gasteiger partial charge < -0.3 is 42.6 Å². The van der Waals surface area contributed by atoms with Crippen molar-refractivity contribution >= 4 is 35.8 Å². The van der Waals surface area contributed by atoms with Gasteiger partial charge in [0.25, 0.3) is 0 Å². The van der Waals surface area contributed by atoms with Crippen LogP contribution in [0.15, 0.2) is 0 Å². The van der Waals surface area contributed by atoms with E-state index in [1.807, 2.05) is 69.2 Å². The summed E-state index contributed by atoms with van der Waals surface area (Å²) in [6, 6.07) is 0. The maximum atomic E-state index is 12.4. The van der Waals surface area contributed by atoms with Gasteiger partial charge in [-0.15, -0.1) is 0 Å². The maximum absolute atomic E-state index is 12.4. The molecule has 416 valence electrons. The van der Waals surface area contributed by atoms with Crippen molar-refractivity contribution in [2.24, 2.45) is 39.9 Å². The zero-order valence-corrected chi connectivity index (χ0v) is 46.9. The minimum absolute atomic E-state index is 0.0667. The number of carbonyl (C=O) groups is 6. The van der Waals surface area contributed by atoms with Crippen LogP contribution in [0, 0.1) is 39.9 Å². The molecule has 15 nitrogen and oxygen atoms in total. The van der Waals surface area contributed by atoms with Crippen molar-refractivity contribution < 1.29 is 71.4 Å². The number of esters is 6. The summed E-state index contributed by atoms with van der Waals surface area (Å²) in [7, 11) is 0. The van der Waals surface area contributed by atoms with E-state index in [1.165, 1.54) is 44.9 Å². The molecule has 6 rings (SSSR count). The molecule has 0 atom stereocenters. The van der Waals surface area contributed by atoms with E-state index in [4.69, 9.17) is 42.6 Å². The van der Waals surface area contributed by atoms with Gasteiger partial charge in [-0.05, 0) is 188 Å². The zero-order valence-electron chi connectivity index (χ0n) is 46.9. The molecule has 15 heteroatoms. The summed E-state index contributed by atoms with van der Waals surface area (Å²) < 4.78 is 48.7. The number of rotatable bonds is 26. The molecule has 0 saturated heterocycles. The average Bonchev–Trinajstić information content (AvgIpc) is 3.35. The average molecular weight is 1020 g/mol. The van der Waals surface area contributed by atoms with Gasteiger partial charge in [-0.25, -0.2) is 14.4 Å². The molecule has 0 spiro atoms. The number of carbonyl (C=O) groups excluding carboxylic acids is 6. The molecule has 0 aromatic rings. The molecule has 6 saturated carbocycles. The second-order valence-corrected chi connectivity index (χ2v) is 23.4. The fourth-order valence-electron chi connectivity index (χ4n) is 10.8. The summed E-state index contributed by atoms with van der Waals surface area (Å²) >= 11 is 0.